The summed E-state index contributed by atoms with van der Waals surface area (Å²) in [7, 11) is 0. The van der Waals surface area contributed by atoms with Gasteiger partial charge < -0.3 is 4.74 Å². The van der Waals surface area contributed by atoms with E-state index in [-0.39, 0.29) is 5.97 Å². The van der Waals surface area contributed by atoms with Crippen molar-refractivity contribution < 1.29 is 9.53 Å². The molecule has 108 valence electrons. The molecule has 1 aromatic carbocycles. The first-order valence-electron chi connectivity index (χ1n) is 7.62. The van der Waals surface area contributed by atoms with Crippen LogP contribution in [0.25, 0.3) is 0 Å². The molecule has 0 spiro atoms. The van der Waals surface area contributed by atoms with E-state index in [0.717, 1.165) is 12.8 Å². The van der Waals surface area contributed by atoms with Crippen LogP contribution in [-0.2, 0) is 9.53 Å². The molecule has 20 heavy (non-hydrogen) atoms. The predicted octanol–water partition coefficient (Wildman–Crippen LogP) is 4.47. The van der Waals surface area contributed by atoms with Crippen LogP contribution in [-0.4, -0.2) is 12.6 Å². The average molecular weight is 272 g/mol. The molecule has 0 N–H and O–H groups in total. The molecular formula is C18H24O2. The molecular weight excluding hydrogens is 248 g/mol. The van der Waals surface area contributed by atoms with Crippen molar-refractivity contribution >= 4 is 5.97 Å². The Kier molecular flexibility index (Phi) is 5.40. The summed E-state index contributed by atoms with van der Waals surface area (Å²) in [6.07, 6.45) is 5.61. The zero-order valence-corrected chi connectivity index (χ0v) is 12.3. The van der Waals surface area contributed by atoms with E-state index < -0.39 is 0 Å². The van der Waals surface area contributed by atoms with Crippen LogP contribution < -0.4 is 0 Å². The van der Waals surface area contributed by atoms with E-state index in [1.54, 1.807) is 0 Å². The van der Waals surface area contributed by atoms with Gasteiger partial charge in [-0.15, -0.1) is 0 Å². The van der Waals surface area contributed by atoms with Crippen molar-refractivity contribution in [2.75, 3.05) is 6.61 Å². The van der Waals surface area contributed by atoms with Crippen LogP contribution in [0.4, 0.5) is 0 Å². The van der Waals surface area contributed by atoms with Crippen molar-refractivity contribution in [2.24, 2.45) is 5.92 Å². The van der Waals surface area contributed by atoms with Crippen LogP contribution in [0, 0.1) is 5.92 Å². The summed E-state index contributed by atoms with van der Waals surface area (Å²) in [5.41, 5.74) is 2.06. The minimum Gasteiger partial charge on any atom is -0.463 e. The van der Waals surface area contributed by atoms with Gasteiger partial charge in [0.1, 0.15) is 0 Å². The van der Waals surface area contributed by atoms with Crippen molar-refractivity contribution in [2.45, 2.75) is 44.9 Å². The highest BCUT2D eigenvalue weighted by Crippen LogP contribution is 2.42. The minimum atomic E-state index is -0.234. The first-order valence-corrected chi connectivity index (χ1v) is 7.62. The molecule has 0 saturated heterocycles. The second-order valence-electron chi connectivity index (χ2n) is 5.57. The minimum absolute atomic E-state index is 0.234. The first kappa shape index (κ1) is 14.8. The van der Waals surface area contributed by atoms with Gasteiger partial charge in [0.2, 0.25) is 0 Å². The highest BCUT2D eigenvalue weighted by Gasteiger charge is 2.28. The van der Waals surface area contributed by atoms with Gasteiger partial charge in [0, 0.05) is 5.57 Å². The van der Waals surface area contributed by atoms with Gasteiger partial charge in [-0.3, -0.25) is 0 Å². The molecule has 1 aromatic rings. The monoisotopic (exact) mass is 272 g/mol. The Morgan fingerprint density at radius 1 is 1.30 bits per heavy atom. The van der Waals surface area contributed by atoms with Gasteiger partial charge in [-0.05, 0) is 50.0 Å². The third-order valence-corrected chi connectivity index (χ3v) is 4.27. The van der Waals surface area contributed by atoms with E-state index in [2.05, 4.69) is 36.9 Å². The second-order valence-corrected chi connectivity index (χ2v) is 5.57. The maximum absolute atomic E-state index is 11.6. The Morgan fingerprint density at radius 2 is 2.05 bits per heavy atom. The topological polar surface area (TPSA) is 26.3 Å². The molecule has 2 rings (SSSR count). The van der Waals surface area contributed by atoms with Crippen LogP contribution in [0.1, 0.15) is 50.5 Å². The van der Waals surface area contributed by atoms with Gasteiger partial charge in [0.25, 0.3) is 0 Å². The highest BCUT2D eigenvalue weighted by atomic mass is 16.5. The molecule has 0 aliphatic heterocycles. The zero-order chi connectivity index (χ0) is 14.4. The normalized spacial score (nSPS) is 21.6. The number of carbonyl (C=O) groups excluding carboxylic acids is 1. The smallest absolute Gasteiger partial charge is 0.333 e. The van der Waals surface area contributed by atoms with Gasteiger partial charge in [0.05, 0.1) is 6.61 Å². The zero-order valence-electron chi connectivity index (χ0n) is 12.3. The van der Waals surface area contributed by atoms with Crippen molar-refractivity contribution in [3.8, 4) is 0 Å². The molecule has 0 radical (unpaired) electrons. The molecule has 1 saturated carbocycles. The van der Waals surface area contributed by atoms with Gasteiger partial charge in [-0.1, -0.05) is 43.3 Å². The van der Waals surface area contributed by atoms with Crippen molar-refractivity contribution in [3.63, 3.8) is 0 Å². The number of ether oxygens (including phenoxy) is 1. The molecule has 1 unspecified atom stereocenters. The Balaban J connectivity index is 1.89. The lowest BCUT2D eigenvalue weighted by molar-refractivity contribution is -0.138. The second kappa shape index (κ2) is 7.28. The molecule has 1 fully saturated rings. The third kappa shape index (κ3) is 3.72. The first-order chi connectivity index (χ1) is 9.72. The third-order valence-electron chi connectivity index (χ3n) is 4.27. The molecule has 2 atom stereocenters. The Morgan fingerprint density at radius 3 is 2.75 bits per heavy atom. The number of rotatable bonds is 6. The molecule has 2 nitrogen and oxygen atoms in total. The number of hydrogen-bond acceptors (Lipinski definition) is 2. The number of benzene rings is 1. The summed E-state index contributed by atoms with van der Waals surface area (Å²) in [6, 6.07) is 10.7. The molecule has 0 heterocycles. The fourth-order valence-corrected chi connectivity index (χ4v) is 3.22. The van der Waals surface area contributed by atoms with Crippen LogP contribution in [0.3, 0.4) is 0 Å². The van der Waals surface area contributed by atoms with E-state index in [1.807, 2.05) is 6.92 Å². The SMILES string of the molecule is C=C(CCC1CCC[C@@H]1c1ccccc1)C(=O)OCC. The van der Waals surface area contributed by atoms with Gasteiger partial charge >= 0.3 is 5.97 Å². The fourth-order valence-electron chi connectivity index (χ4n) is 3.22. The van der Waals surface area contributed by atoms with Crippen molar-refractivity contribution in [1.82, 2.24) is 0 Å². The Bertz CT molecular complexity index is 450. The lowest BCUT2D eigenvalue weighted by Crippen LogP contribution is -2.10. The number of esters is 1. The lowest BCUT2D eigenvalue weighted by Gasteiger charge is -2.20. The van der Waals surface area contributed by atoms with Crippen LogP contribution >= 0.6 is 0 Å². The number of hydrogen-bond donors (Lipinski definition) is 0. The average Bonchev–Trinajstić information content (AvgIpc) is 2.94. The summed E-state index contributed by atoms with van der Waals surface area (Å²) >= 11 is 0. The highest BCUT2D eigenvalue weighted by molar-refractivity contribution is 5.87. The predicted molar refractivity (Wildman–Crippen MR) is 81.5 cm³/mol. The number of carbonyl (C=O) groups is 1. The summed E-state index contributed by atoms with van der Waals surface area (Å²) in [6.45, 7) is 6.11. The van der Waals surface area contributed by atoms with E-state index in [0.29, 0.717) is 24.0 Å². The maximum Gasteiger partial charge on any atom is 0.333 e. The summed E-state index contributed by atoms with van der Waals surface area (Å²) in [4.78, 5) is 11.6. The van der Waals surface area contributed by atoms with Crippen LogP contribution in [0.15, 0.2) is 42.5 Å². The molecule has 0 bridgehead atoms. The standard InChI is InChI=1S/C18H24O2/c1-3-20-18(19)14(2)12-13-16-10-7-11-17(16)15-8-5-4-6-9-15/h4-6,8-9,16-17H,2-3,7,10-13H2,1H3/t16?,17-/m1/s1. The summed E-state index contributed by atoms with van der Waals surface area (Å²) in [5, 5.41) is 0. The molecule has 0 amide bonds. The molecule has 0 aromatic heterocycles. The Labute approximate surface area is 121 Å². The van der Waals surface area contributed by atoms with E-state index in [9.17, 15) is 4.79 Å². The van der Waals surface area contributed by atoms with Gasteiger partial charge in [0.15, 0.2) is 0 Å². The van der Waals surface area contributed by atoms with Gasteiger partial charge in [-0.25, -0.2) is 4.79 Å². The molecule has 2 heteroatoms. The van der Waals surface area contributed by atoms with Crippen LogP contribution in [0.2, 0.25) is 0 Å². The largest absolute Gasteiger partial charge is 0.463 e. The summed E-state index contributed by atoms with van der Waals surface area (Å²) < 4.78 is 4.99. The maximum atomic E-state index is 11.6. The van der Waals surface area contributed by atoms with Gasteiger partial charge in [-0.2, -0.15) is 0 Å². The quantitative estimate of drug-likeness (QED) is 0.564. The van der Waals surface area contributed by atoms with E-state index in [1.165, 1.54) is 24.8 Å². The van der Waals surface area contributed by atoms with Crippen molar-refractivity contribution in [1.29, 1.82) is 0 Å². The lowest BCUT2D eigenvalue weighted by atomic mass is 9.85. The fraction of sp³-hybridized carbons (Fsp3) is 0.500. The van der Waals surface area contributed by atoms with Crippen molar-refractivity contribution in [3.05, 3.63) is 48.0 Å². The molecule has 1 aliphatic rings. The van der Waals surface area contributed by atoms with Crippen LogP contribution in [0.5, 0.6) is 0 Å². The molecule has 1 aliphatic carbocycles. The van der Waals surface area contributed by atoms with E-state index in [4.69, 9.17) is 4.74 Å². The Hall–Kier alpha value is -1.57. The summed E-state index contributed by atoms with van der Waals surface area (Å²) in [5.74, 6) is 1.08. The van der Waals surface area contributed by atoms with E-state index >= 15 is 0 Å².